The number of pyridine rings is 1. The molecule has 6 nitrogen and oxygen atoms in total. The van der Waals surface area contributed by atoms with Crippen LogP contribution in [0.2, 0.25) is 0 Å². The average molecular weight is 505 g/mol. The van der Waals surface area contributed by atoms with Gasteiger partial charge in [-0.3, -0.25) is 9.59 Å². The lowest BCUT2D eigenvalue weighted by atomic mass is 10.2. The second-order valence-corrected chi connectivity index (χ2v) is 8.69. The minimum absolute atomic E-state index is 0.0546. The summed E-state index contributed by atoms with van der Waals surface area (Å²) in [7, 11) is 0. The molecular formula is C26H25BrN4O2. The van der Waals surface area contributed by atoms with Crippen molar-refractivity contribution in [3.8, 4) is 0 Å². The Morgan fingerprint density at radius 3 is 2.42 bits per heavy atom. The van der Waals surface area contributed by atoms with Gasteiger partial charge in [0.2, 0.25) is 5.91 Å². The highest BCUT2D eigenvalue weighted by molar-refractivity contribution is 9.10. The summed E-state index contributed by atoms with van der Waals surface area (Å²) in [6, 6.07) is 20.9. The van der Waals surface area contributed by atoms with Crippen LogP contribution in [0.25, 0.3) is 6.08 Å². The van der Waals surface area contributed by atoms with Crippen molar-refractivity contribution in [2.75, 3.05) is 36.4 Å². The van der Waals surface area contributed by atoms with E-state index in [-0.39, 0.29) is 11.8 Å². The molecule has 7 heteroatoms. The number of carbonyl (C=O) groups excluding carboxylic acids is 2. The molecule has 0 bridgehead atoms. The largest absolute Gasteiger partial charge is 0.355 e. The van der Waals surface area contributed by atoms with Crippen molar-refractivity contribution < 1.29 is 9.59 Å². The highest BCUT2D eigenvalue weighted by atomic mass is 79.9. The third-order valence-corrected chi connectivity index (χ3v) is 5.97. The Morgan fingerprint density at radius 2 is 1.70 bits per heavy atom. The number of amides is 2. The fraction of sp³-hybridized carbons (Fsp3) is 0.192. The summed E-state index contributed by atoms with van der Waals surface area (Å²) in [6.07, 6.45) is 5.82. The molecule has 33 heavy (non-hydrogen) atoms. The van der Waals surface area contributed by atoms with Gasteiger partial charge < -0.3 is 15.1 Å². The van der Waals surface area contributed by atoms with Gasteiger partial charge in [0, 0.05) is 42.3 Å². The van der Waals surface area contributed by atoms with Crippen molar-refractivity contribution in [2.45, 2.75) is 6.42 Å². The van der Waals surface area contributed by atoms with Crippen LogP contribution in [0.15, 0.2) is 83.5 Å². The first-order valence-electron chi connectivity index (χ1n) is 10.9. The molecule has 3 aromatic rings. The van der Waals surface area contributed by atoms with E-state index in [1.54, 1.807) is 12.3 Å². The van der Waals surface area contributed by atoms with E-state index in [9.17, 15) is 9.59 Å². The van der Waals surface area contributed by atoms with Crippen LogP contribution in [-0.2, 0) is 4.79 Å². The molecular weight excluding hydrogens is 480 g/mol. The Kier molecular flexibility index (Phi) is 7.52. The van der Waals surface area contributed by atoms with E-state index in [2.05, 4.69) is 31.1 Å². The third kappa shape index (κ3) is 6.29. The summed E-state index contributed by atoms with van der Waals surface area (Å²) in [5.41, 5.74) is 2.31. The second kappa shape index (κ2) is 10.9. The van der Waals surface area contributed by atoms with E-state index in [0.717, 1.165) is 28.8 Å². The molecule has 0 radical (unpaired) electrons. The number of anilines is 2. The maximum absolute atomic E-state index is 12.8. The van der Waals surface area contributed by atoms with Crippen molar-refractivity contribution in [2.24, 2.45) is 0 Å². The summed E-state index contributed by atoms with van der Waals surface area (Å²) in [4.78, 5) is 33.6. The molecule has 1 saturated heterocycles. The quantitative estimate of drug-likeness (QED) is 0.504. The summed E-state index contributed by atoms with van der Waals surface area (Å²) in [5.74, 6) is 0.690. The van der Waals surface area contributed by atoms with Crippen molar-refractivity contribution in [1.29, 1.82) is 0 Å². The maximum atomic E-state index is 12.8. The molecule has 1 aliphatic rings. The minimum Gasteiger partial charge on any atom is -0.355 e. The first-order chi connectivity index (χ1) is 16.1. The van der Waals surface area contributed by atoms with Crippen LogP contribution < -0.4 is 10.2 Å². The minimum atomic E-state index is -0.203. The SMILES string of the molecule is O=C(/C=C/c1ccccc1)Nc1ccc(N2CCCN(C(=O)c3ccc(Br)cc3)CC2)nc1. The highest BCUT2D eigenvalue weighted by Crippen LogP contribution is 2.18. The van der Waals surface area contributed by atoms with E-state index >= 15 is 0 Å². The van der Waals surface area contributed by atoms with Gasteiger partial charge in [-0.05, 0) is 54.5 Å². The predicted molar refractivity (Wildman–Crippen MR) is 135 cm³/mol. The third-order valence-electron chi connectivity index (χ3n) is 5.44. The van der Waals surface area contributed by atoms with Crippen LogP contribution >= 0.6 is 15.9 Å². The van der Waals surface area contributed by atoms with Gasteiger partial charge in [0.15, 0.2) is 0 Å². The molecule has 0 atom stereocenters. The molecule has 2 heterocycles. The Morgan fingerprint density at radius 1 is 0.909 bits per heavy atom. The molecule has 4 rings (SSSR count). The molecule has 1 fully saturated rings. The van der Waals surface area contributed by atoms with Crippen molar-refractivity contribution in [1.82, 2.24) is 9.88 Å². The fourth-order valence-electron chi connectivity index (χ4n) is 3.69. The lowest BCUT2D eigenvalue weighted by molar-refractivity contribution is -0.111. The zero-order valence-electron chi connectivity index (χ0n) is 18.2. The first kappa shape index (κ1) is 22.7. The normalized spacial score (nSPS) is 14.2. The first-order valence-corrected chi connectivity index (χ1v) is 11.7. The van der Waals surface area contributed by atoms with E-state index in [0.29, 0.717) is 30.9 Å². The average Bonchev–Trinajstić information content (AvgIpc) is 3.10. The van der Waals surface area contributed by atoms with Gasteiger partial charge >= 0.3 is 0 Å². The maximum Gasteiger partial charge on any atom is 0.253 e. The molecule has 0 spiro atoms. The topological polar surface area (TPSA) is 65.5 Å². The second-order valence-electron chi connectivity index (χ2n) is 7.78. The van der Waals surface area contributed by atoms with E-state index < -0.39 is 0 Å². The molecule has 168 valence electrons. The molecule has 2 amide bonds. The van der Waals surface area contributed by atoms with Gasteiger partial charge in [-0.25, -0.2) is 4.98 Å². The van der Waals surface area contributed by atoms with Crippen molar-refractivity contribution in [3.63, 3.8) is 0 Å². The lowest BCUT2D eigenvalue weighted by Crippen LogP contribution is -2.35. The zero-order valence-corrected chi connectivity index (χ0v) is 19.7. The molecule has 0 unspecified atom stereocenters. The molecule has 1 N–H and O–H groups in total. The van der Waals surface area contributed by atoms with Crippen LogP contribution in [0.4, 0.5) is 11.5 Å². The van der Waals surface area contributed by atoms with Gasteiger partial charge in [0.05, 0.1) is 11.9 Å². The van der Waals surface area contributed by atoms with E-state index in [4.69, 9.17) is 0 Å². The molecule has 1 aliphatic heterocycles. The summed E-state index contributed by atoms with van der Waals surface area (Å²) in [6.45, 7) is 2.88. The van der Waals surface area contributed by atoms with Crippen LogP contribution in [0.5, 0.6) is 0 Å². The van der Waals surface area contributed by atoms with Crippen LogP contribution in [0.1, 0.15) is 22.3 Å². The Hall–Kier alpha value is -3.45. The number of hydrogen-bond donors (Lipinski definition) is 1. The Bertz CT molecular complexity index is 1120. The smallest absolute Gasteiger partial charge is 0.253 e. The van der Waals surface area contributed by atoms with Crippen LogP contribution in [-0.4, -0.2) is 47.9 Å². The number of nitrogens with zero attached hydrogens (tertiary/aromatic N) is 3. The molecule has 1 aromatic heterocycles. The van der Waals surface area contributed by atoms with Crippen molar-refractivity contribution in [3.05, 3.63) is 94.6 Å². The Balaban J connectivity index is 1.32. The number of aromatic nitrogens is 1. The monoisotopic (exact) mass is 504 g/mol. The van der Waals surface area contributed by atoms with Gasteiger partial charge in [-0.15, -0.1) is 0 Å². The number of benzene rings is 2. The number of rotatable bonds is 5. The summed E-state index contributed by atoms with van der Waals surface area (Å²) >= 11 is 3.41. The number of hydrogen-bond acceptors (Lipinski definition) is 4. The highest BCUT2D eigenvalue weighted by Gasteiger charge is 2.21. The van der Waals surface area contributed by atoms with Crippen LogP contribution in [0.3, 0.4) is 0 Å². The van der Waals surface area contributed by atoms with Gasteiger partial charge in [-0.2, -0.15) is 0 Å². The van der Waals surface area contributed by atoms with E-state index in [1.165, 1.54) is 6.08 Å². The molecule has 0 saturated carbocycles. The predicted octanol–water partition coefficient (Wildman–Crippen LogP) is 4.85. The molecule has 0 aliphatic carbocycles. The lowest BCUT2D eigenvalue weighted by Gasteiger charge is -2.23. The number of nitrogens with one attached hydrogen (secondary N) is 1. The van der Waals surface area contributed by atoms with Crippen LogP contribution in [0, 0.1) is 0 Å². The summed E-state index contributed by atoms with van der Waals surface area (Å²) in [5, 5.41) is 2.84. The standard InChI is InChI=1S/C26H25BrN4O2/c27-22-10-8-21(9-11-22)26(33)31-16-4-15-30(17-18-31)24-13-12-23(19-28-24)29-25(32)14-7-20-5-2-1-3-6-20/h1-3,5-14,19H,4,15-18H2,(H,29,32)/b14-7+. The van der Waals surface area contributed by atoms with Gasteiger partial charge in [0.1, 0.15) is 5.82 Å². The fourth-order valence-corrected chi connectivity index (χ4v) is 3.96. The number of carbonyl (C=O) groups is 2. The van der Waals surface area contributed by atoms with Gasteiger partial charge in [-0.1, -0.05) is 46.3 Å². The summed E-state index contributed by atoms with van der Waals surface area (Å²) < 4.78 is 0.957. The van der Waals surface area contributed by atoms with Gasteiger partial charge in [0.25, 0.3) is 5.91 Å². The molecule has 2 aromatic carbocycles. The van der Waals surface area contributed by atoms with Crippen molar-refractivity contribution >= 4 is 45.3 Å². The Labute approximate surface area is 202 Å². The zero-order chi connectivity index (χ0) is 23.0. The number of halogens is 1. The van der Waals surface area contributed by atoms with E-state index in [1.807, 2.05) is 71.6 Å².